The van der Waals surface area contributed by atoms with Crippen molar-refractivity contribution in [1.29, 1.82) is 0 Å². The summed E-state index contributed by atoms with van der Waals surface area (Å²) in [6, 6.07) is 4.79. The summed E-state index contributed by atoms with van der Waals surface area (Å²) in [5.41, 5.74) is -0.501. The summed E-state index contributed by atoms with van der Waals surface area (Å²) in [5, 5.41) is 10.2. The van der Waals surface area contributed by atoms with E-state index in [0.717, 1.165) is 30.8 Å². The van der Waals surface area contributed by atoms with Gasteiger partial charge in [-0.05, 0) is 24.1 Å². The second-order valence-corrected chi connectivity index (χ2v) is 4.88. The van der Waals surface area contributed by atoms with Crippen molar-refractivity contribution in [3.8, 4) is 0 Å². The zero-order chi connectivity index (χ0) is 15.5. The molecule has 0 fully saturated rings. The summed E-state index contributed by atoms with van der Waals surface area (Å²) in [5.74, 6) is 0.823. The zero-order valence-electron chi connectivity index (χ0n) is 11.6. The van der Waals surface area contributed by atoms with E-state index in [0.29, 0.717) is 0 Å². The zero-order valence-corrected chi connectivity index (χ0v) is 11.6. The van der Waals surface area contributed by atoms with Crippen LogP contribution in [0.1, 0.15) is 36.4 Å². The van der Waals surface area contributed by atoms with E-state index in [9.17, 15) is 18.3 Å². The second-order valence-electron chi connectivity index (χ2n) is 4.88. The SMILES string of the molecule is CCCc1nccn1CC(O)c1cccc(C(F)(F)F)c1. The molecule has 6 heteroatoms. The second kappa shape index (κ2) is 6.30. The van der Waals surface area contributed by atoms with Crippen molar-refractivity contribution in [3.63, 3.8) is 0 Å². The van der Waals surface area contributed by atoms with Crippen LogP contribution in [0, 0.1) is 0 Å². The summed E-state index contributed by atoms with van der Waals surface area (Å²) in [7, 11) is 0. The van der Waals surface area contributed by atoms with Crippen molar-refractivity contribution in [2.75, 3.05) is 0 Å². The highest BCUT2D eigenvalue weighted by molar-refractivity contribution is 5.27. The van der Waals surface area contributed by atoms with Crippen LogP contribution >= 0.6 is 0 Å². The van der Waals surface area contributed by atoms with Crippen molar-refractivity contribution in [2.45, 2.75) is 38.6 Å². The molecule has 0 aliphatic rings. The molecule has 0 radical (unpaired) electrons. The highest BCUT2D eigenvalue weighted by Crippen LogP contribution is 2.31. The van der Waals surface area contributed by atoms with Gasteiger partial charge in [-0.15, -0.1) is 0 Å². The first kappa shape index (κ1) is 15.6. The van der Waals surface area contributed by atoms with Crippen LogP contribution < -0.4 is 0 Å². The van der Waals surface area contributed by atoms with Gasteiger partial charge in [0.05, 0.1) is 18.2 Å². The average Bonchev–Trinajstić information content (AvgIpc) is 2.86. The topological polar surface area (TPSA) is 38.0 Å². The Balaban J connectivity index is 2.16. The van der Waals surface area contributed by atoms with Gasteiger partial charge >= 0.3 is 6.18 Å². The highest BCUT2D eigenvalue weighted by Gasteiger charge is 2.30. The predicted molar refractivity (Wildman–Crippen MR) is 72.6 cm³/mol. The van der Waals surface area contributed by atoms with Crippen LogP contribution in [0.3, 0.4) is 0 Å². The van der Waals surface area contributed by atoms with E-state index in [4.69, 9.17) is 0 Å². The molecule has 1 unspecified atom stereocenters. The summed E-state index contributed by atoms with van der Waals surface area (Å²) in [6.07, 6.45) is -0.375. The monoisotopic (exact) mass is 298 g/mol. The Morgan fingerprint density at radius 3 is 2.76 bits per heavy atom. The molecule has 1 aromatic heterocycles. The number of nitrogens with zero attached hydrogens (tertiary/aromatic N) is 2. The third-order valence-corrected chi connectivity index (χ3v) is 3.24. The number of benzene rings is 1. The number of aryl methyl sites for hydroxylation is 1. The minimum absolute atomic E-state index is 0.191. The molecule has 2 rings (SSSR count). The smallest absolute Gasteiger partial charge is 0.387 e. The molecule has 1 aromatic carbocycles. The molecule has 114 valence electrons. The summed E-state index contributed by atoms with van der Waals surface area (Å²) in [4.78, 5) is 4.18. The molecule has 0 spiro atoms. The lowest BCUT2D eigenvalue weighted by Gasteiger charge is -2.15. The number of hydrogen-bond donors (Lipinski definition) is 1. The lowest BCUT2D eigenvalue weighted by Crippen LogP contribution is -2.12. The number of aliphatic hydroxyl groups is 1. The van der Waals surface area contributed by atoms with E-state index in [1.54, 1.807) is 17.0 Å². The number of hydrogen-bond acceptors (Lipinski definition) is 2. The van der Waals surface area contributed by atoms with Gasteiger partial charge in [0.15, 0.2) is 0 Å². The summed E-state index contributed by atoms with van der Waals surface area (Å²) in [6.45, 7) is 2.21. The standard InChI is InChI=1S/C15H17F3N2O/c1-2-4-14-19-7-8-20(14)10-13(21)11-5-3-6-12(9-11)15(16,17)18/h3,5-9,13,21H,2,4,10H2,1H3. The first-order valence-electron chi connectivity index (χ1n) is 6.77. The Morgan fingerprint density at radius 2 is 2.10 bits per heavy atom. The molecule has 0 saturated heterocycles. The van der Waals surface area contributed by atoms with Gasteiger partial charge < -0.3 is 9.67 Å². The largest absolute Gasteiger partial charge is 0.416 e. The molecule has 0 aliphatic carbocycles. The Labute approximate surface area is 121 Å². The van der Waals surface area contributed by atoms with Crippen molar-refractivity contribution in [1.82, 2.24) is 9.55 Å². The van der Waals surface area contributed by atoms with Crippen molar-refractivity contribution >= 4 is 0 Å². The normalized spacial score (nSPS) is 13.4. The van der Waals surface area contributed by atoms with Crippen molar-refractivity contribution < 1.29 is 18.3 Å². The Kier molecular flexibility index (Phi) is 4.67. The van der Waals surface area contributed by atoms with Gasteiger partial charge in [-0.2, -0.15) is 13.2 Å². The Hall–Kier alpha value is -1.82. The van der Waals surface area contributed by atoms with Gasteiger partial charge in [0, 0.05) is 18.8 Å². The van der Waals surface area contributed by atoms with Crippen LogP contribution in [-0.4, -0.2) is 14.7 Å². The van der Waals surface area contributed by atoms with Crippen LogP contribution in [-0.2, 0) is 19.1 Å². The van der Waals surface area contributed by atoms with Gasteiger partial charge in [-0.1, -0.05) is 19.1 Å². The fraction of sp³-hybridized carbons (Fsp3) is 0.400. The van der Waals surface area contributed by atoms with Gasteiger partial charge in [0.1, 0.15) is 5.82 Å². The van der Waals surface area contributed by atoms with E-state index < -0.39 is 17.8 Å². The van der Waals surface area contributed by atoms with Crippen molar-refractivity contribution in [3.05, 3.63) is 53.6 Å². The fourth-order valence-electron chi connectivity index (χ4n) is 2.17. The van der Waals surface area contributed by atoms with Gasteiger partial charge in [-0.25, -0.2) is 4.98 Å². The maximum Gasteiger partial charge on any atom is 0.416 e. The highest BCUT2D eigenvalue weighted by atomic mass is 19.4. The molecule has 1 atom stereocenters. The number of halogens is 3. The summed E-state index contributed by atoms with van der Waals surface area (Å²) >= 11 is 0. The van der Waals surface area contributed by atoms with Gasteiger partial charge in [0.25, 0.3) is 0 Å². The number of imidazole rings is 1. The van der Waals surface area contributed by atoms with Crippen LogP contribution in [0.2, 0.25) is 0 Å². The van der Waals surface area contributed by atoms with Crippen LogP contribution in [0.5, 0.6) is 0 Å². The maximum atomic E-state index is 12.7. The molecule has 2 aromatic rings. The number of aliphatic hydroxyl groups excluding tert-OH is 1. The van der Waals surface area contributed by atoms with Gasteiger partial charge in [0.2, 0.25) is 0 Å². The molecular weight excluding hydrogens is 281 g/mol. The van der Waals surface area contributed by atoms with E-state index in [-0.39, 0.29) is 12.1 Å². The Morgan fingerprint density at radius 1 is 1.33 bits per heavy atom. The molecular formula is C15H17F3N2O. The van der Waals surface area contributed by atoms with E-state index >= 15 is 0 Å². The minimum atomic E-state index is -4.40. The lowest BCUT2D eigenvalue weighted by molar-refractivity contribution is -0.137. The first-order valence-corrected chi connectivity index (χ1v) is 6.77. The number of alkyl halides is 3. The number of aromatic nitrogens is 2. The predicted octanol–water partition coefficient (Wildman–Crippen LogP) is 3.59. The molecule has 0 saturated carbocycles. The molecule has 0 amide bonds. The van der Waals surface area contributed by atoms with Crippen molar-refractivity contribution in [2.24, 2.45) is 0 Å². The molecule has 3 nitrogen and oxygen atoms in total. The lowest BCUT2D eigenvalue weighted by atomic mass is 10.1. The van der Waals surface area contributed by atoms with E-state index in [1.807, 2.05) is 6.92 Å². The molecule has 1 N–H and O–H groups in total. The van der Waals surface area contributed by atoms with Gasteiger partial charge in [-0.3, -0.25) is 0 Å². The van der Waals surface area contributed by atoms with Crippen LogP contribution in [0.15, 0.2) is 36.7 Å². The molecule has 0 bridgehead atoms. The third kappa shape index (κ3) is 3.85. The van der Waals surface area contributed by atoms with E-state index in [1.165, 1.54) is 12.1 Å². The Bertz CT molecular complexity index is 593. The van der Waals surface area contributed by atoms with E-state index in [2.05, 4.69) is 4.98 Å². The number of rotatable bonds is 5. The minimum Gasteiger partial charge on any atom is -0.387 e. The molecule has 21 heavy (non-hydrogen) atoms. The molecule has 1 heterocycles. The first-order chi connectivity index (χ1) is 9.91. The van der Waals surface area contributed by atoms with Crippen LogP contribution in [0.4, 0.5) is 13.2 Å². The quantitative estimate of drug-likeness (QED) is 0.916. The molecule has 0 aliphatic heterocycles. The summed E-state index contributed by atoms with van der Waals surface area (Å²) < 4.78 is 39.8. The van der Waals surface area contributed by atoms with Crippen LogP contribution in [0.25, 0.3) is 0 Å². The fourth-order valence-corrected chi connectivity index (χ4v) is 2.17. The average molecular weight is 298 g/mol. The third-order valence-electron chi connectivity index (χ3n) is 3.24. The maximum absolute atomic E-state index is 12.7.